The van der Waals surface area contributed by atoms with Gasteiger partial charge in [-0.15, -0.1) is 0 Å². The van der Waals surface area contributed by atoms with Gasteiger partial charge in [0.25, 0.3) is 0 Å². The molecule has 0 bridgehead atoms. The van der Waals surface area contributed by atoms with Crippen LogP contribution in [0.25, 0.3) is 0 Å². The Labute approximate surface area is 121 Å². The van der Waals surface area contributed by atoms with Gasteiger partial charge in [-0.3, -0.25) is 0 Å². The van der Waals surface area contributed by atoms with Gasteiger partial charge >= 0.3 is 0 Å². The number of aliphatic hydroxyl groups excluding tert-OH is 1. The lowest BCUT2D eigenvalue weighted by atomic mass is 10.0. The number of nitrogens with two attached hydrogens (primary N) is 1. The molecule has 6 nitrogen and oxygen atoms in total. The summed E-state index contributed by atoms with van der Waals surface area (Å²) in [6.07, 6.45) is 4.86. The van der Waals surface area contributed by atoms with Crippen LogP contribution in [0.3, 0.4) is 0 Å². The van der Waals surface area contributed by atoms with E-state index in [1.54, 1.807) is 6.07 Å². The molecular weight excluding hydrogens is 254 g/mol. The second kappa shape index (κ2) is 9.50. The molecule has 1 rings (SSSR count). The average Bonchev–Trinajstić information content (AvgIpc) is 2.45. The van der Waals surface area contributed by atoms with Crippen LogP contribution >= 0.6 is 0 Å². The van der Waals surface area contributed by atoms with Gasteiger partial charge in [0.05, 0.1) is 0 Å². The lowest BCUT2D eigenvalue weighted by Gasteiger charge is -2.16. The molecule has 0 aliphatic rings. The predicted molar refractivity (Wildman–Crippen MR) is 82.4 cm³/mol. The van der Waals surface area contributed by atoms with Crippen LogP contribution in [0.1, 0.15) is 45.4 Å². The molecule has 0 amide bonds. The molecule has 1 unspecified atom stereocenters. The molecule has 1 heterocycles. The summed E-state index contributed by atoms with van der Waals surface area (Å²) >= 11 is 0. The summed E-state index contributed by atoms with van der Waals surface area (Å²) in [5, 5.41) is 12.4. The molecule has 0 aliphatic heterocycles. The SMILES string of the molecule is CCCc1nc(NN)cc(NCC(CCC)CCO)n1. The third kappa shape index (κ3) is 5.71. The van der Waals surface area contributed by atoms with Crippen molar-refractivity contribution in [3.8, 4) is 0 Å². The molecule has 1 aromatic heterocycles. The van der Waals surface area contributed by atoms with Crippen molar-refractivity contribution in [2.45, 2.75) is 46.0 Å². The number of nitrogens with zero attached hydrogens (tertiary/aromatic N) is 2. The van der Waals surface area contributed by atoms with Crippen LogP contribution < -0.4 is 16.6 Å². The molecule has 0 spiro atoms. The van der Waals surface area contributed by atoms with Crippen LogP contribution in [-0.2, 0) is 6.42 Å². The number of hydrazine groups is 1. The van der Waals surface area contributed by atoms with Gasteiger partial charge in [0, 0.05) is 25.6 Å². The maximum atomic E-state index is 9.08. The summed E-state index contributed by atoms with van der Waals surface area (Å²) in [5.41, 5.74) is 2.57. The number of aliphatic hydroxyl groups is 1. The maximum absolute atomic E-state index is 9.08. The van der Waals surface area contributed by atoms with Gasteiger partial charge in [-0.05, 0) is 25.2 Å². The summed E-state index contributed by atoms with van der Waals surface area (Å²) in [6.45, 7) is 5.29. The largest absolute Gasteiger partial charge is 0.396 e. The zero-order valence-corrected chi connectivity index (χ0v) is 12.5. The summed E-state index contributed by atoms with van der Waals surface area (Å²) in [5.74, 6) is 8.10. The van der Waals surface area contributed by atoms with Gasteiger partial charge in [-0.1, -0.05) is 20.3 Å². The Hall–Kier alpha value is -1.40. The van der Waals surface area contributed by atoms with Gasteiger partial charge in [-0.2, -0.15) is 0 Å². The third-order valence-electron chi connectivity index (χ3n) is 3.20. The van der Waals surface area contributed by atoms with Crippen molar-refractivity contribution >= 4 is 11.6 Å². The molecule has 0 aromatic carbocycles. The summed E-state index contributed by atoms with van der Waals surface area (Å²) in [7, 11) is 0. The van der Waals surface area contributed by atoms with Gasteiger partial charge in [0.1, 0.15) is 17.5 Å². The van der Waals surface area contributed by atoms with E-state index in [2.05, 4.69) is 34.6 Å². The maximum Gasteiger partial charge on any atom is 0.145 e. The molecule has 0 aliphatic carbocycles. The third-order valence-corrected chi connectivity index (χ3v) is 3.20. The van der Waals surface area contributed by atoms with E-state index in [1.807, 2.05) is 0 Å². The van der Waals surface area contributed by atoms with Gasteiger partial charge in [-0.25, -0.2) is 15.8 Å². The van der Waals surface area contributed by atoms with E-state index in [9.17, 15) is 0 Å². The summed E-state index contributed by atoms with van der Waals surface area (Å²) in [6, 6.07) is 1.81. The Morgan fingerprint density at radius 3 is 2.55 bits per heavy atom. The highest BCUT2D eigenvalue weighted by Crippen LogP contribution is 2.15. The Bertz CT molecular complexity index is 380. The number of hydrogen-bond acceptors (Lipinski definition) is 6. The molecule has 0 saturated heterocycles. The van der Waals surface area contributed by atoms with Crippen molar-refractivity contribution < 1.29 is 5.11 Å². The number of rotatable bonds is 10. The molecule has 1 atom stereocenters. The van der Waals surface area contributed by atoms with E-state index in [-0.39, 0.29) is 6.61 Å². The molecule has 0 saturated carbocycles. The minimum absolute atomic E-state index is 0.229. The zero-order valence-electron chi connectivity index (χ0n) is 12.5. The zero-order chi connectivity index (χ0) is 14.8. The Balaban J connectivity index is 2.67. The first-order valence-corrected chi connectivity index (χ1v) is 7.42. The molecule has 6 heteroatoms. The van der Waals surface area contributed by atoms with Gasteiger partial charge in [0.15, 0.2) is 0 Å². The summed E-state index contributed by atoms with van der Waals surface area (Å²) in [4.78, 5) is 8.80. The fraction of sp³-hybridized carbons (Fsp3) is 0.714. The van der Waals surface area contributed by atoms with E-state index in [4.69, 9.17) is 10.9 Å². The van der Waals surface area contributed by atoms with E-state index < -0.39 is 0 Å². The highest BCUT2D eigenvalue weighted by Gasteiger charge is 2.09. The molecule has 0 fully saturated rings. The molecule has 5 N–H and O–H groups in total. The first-order valence-electron chi connectivity index (χ1n) is 7.42. The molecule has 1 aromatic rings. The highest BCUT2D eigenvalue weighted by molar-refractivity contribution is 5.46. The van der Waals surface area contributed by atoms with Crippen LogP contribution in [-0.4, -0.2) is 28.2 Å². The van der Waals surface area contributed by atoms with Crippen molar-refractivity contribution in [3.05, 3.63) is 11.9 Å². The van der Waals surface area contributed by atoms with Gasteiger partial charge in [0.2, 0.25) is 0 Å². The lowest BCUT2D eigenvalue weighted by molar-refractivity contribution is 0.255. The minimum Gasteiger partial charge on any atom is -0.396 e. The van der Waals surface area contributed by atoms with Crippen LogP contribution in [0.2, 0.25) is 0 Å². The number of nitrogen functional groups attached to an aromatic ring is 1. The summed E-state index contributed by atoms with van der Waals surface area (Å²) < 4.78 is 0. The molecule has 0 radical (unpaired) electrons. The van der Waals surface area contributed by atoms with Crippen LogP contribution in [0.4, 0.5) is 11.6 Å². The van der Waals surface area contributed by atoms with Crippen molar-refractivity contribution in [3.63, 3.8) is 0 Å². The fourth-order valence-corrected chi connectivity index (χ4v) is 2.19. The van der Waals surface area contributed by atoms with Crippen molar-refractivity contribution in [1.82, 2.24) is 9.97 Å². The smallest absolute Gasteiger partial charge is 0.145 e. The van der Waals surface area contributed by atoms with Crippen LogP contribution in [0.15, 0.2) is 6.07 Å². The van der Waals surface area contributed by atoms with Crippen LogP contribution in [0, 0.1) is 5.92 Å². The Morgan fingerprint density at radius 2 is 1.95 bits per heavy atom. The average molecular weight is 281 g/mol. The minimum atomic E-state index is 0.229. The van der Waals surface area contributed by atoms with Crippen molar-refractivity contribution in [1.29, 1.82) is 0 Å². The second-order valence-electron chi connectivity index (χ2n) is 5.00. The Kier molecular flexibility index (Phi) is 7.91. The monoisotopic (exact) mass is 281 g/mol. The van der Waals surface area contributed by atoms with Crippen molar-refractivity contribution in [2.24, 2.45) is 11.8 Å². The predicted octanol–water partition coefficient (Wildman–Crippen LogP) is 1.93. The number of hydrogen-bond donors (Lipinski definition) is 4. The number of aryl methyl sites for hydroxylation is 1. The van der Waals surface area contributed by atoms with E-state index in [0.717, 1.165) is 50.3 Å². The number of aromatic nitrogens is 2. The Morgan fingerprint density at radius 1 is 1.20 bits per heavy atom. The van der Waals surface area contributed by atoms with E-state index >= 15 is 0 Å². The lowest BCUT2D eigenvalue weighted by Crippen LogP contribution is -2.18. The first-order chi connectivity index (χ1) is 9.73. The quantitative estimate of drug-likeness (QED) is 0.386. The van der Waals surface area contributed by atoms with E-state index in [0.29, 0.717) is 11.7 Å². The fourth-order valence-electron chi connectivity index (χ4n) is 2.19. The molecular formula is C14H27N5O. The molecule has 20 heavy (non-hydrogen) atoms. The first kappa shape index (κ1) is 16.7. The number of nitrogens with one attached hydrogen (secondary N) is 2. The van der Waals surface area contributed by atoms with Gasteiger partial charge < -0.3 is 15.8 Å². The van der Waals surface area contributed by atoms with E-state index in [1.165, 1.54) is 0 Å². The topological polar surface area (TPSA) is 96.1 Å². The molecule has 114 valence electrons. The standard InChI is InChI=1S/C14H27N5O/c1-3-5-11(7-8-20)10-16-13-9-14(19-15)18-12(17-13)6-4-2/h9,11,20H,3-8,10,15H2,1-2H3,(H2,16,17,18,19). The van der Waals surface area contributed by atoms with Crippen molar-refractivity contribution in [2.75, 3.05) is 23.9 Å². The van der Waals surface area contributed by atoms with Crippen LogP contribution in [0.5, 0.6) is 0 Å². The number of anilines is 2. The normalized spacial score (nSPS) is 12.2. The second-order valence-corrected chi connectivity index (χ2v) is 5.00. The highest BCUT2D eigenvalue weighted by atomic mass is 16.3.